The largest absolute Gasteiger partial charge is 0.466 e. The van der Waals surface area contributed by atoms with Gasteiger partial charge in [-0.1, -0.05) is 38.1 Å². The third-order valence-electron chi connectivity index (χ3n) is 4.03. The van der Waals surface area contributed by atoms with Crippen molar-refractivity contribution in [3.63, 3.8) is 0 Å². The van der Waals surface area contributed by atoms with Gasteiger partial charge in [-0.25, -0.2) is 14.2 Å². The molecule has 22 heavy (non-hydrogen) atoms. The highest BCUT2D eigenvalue weighted by atomic mass is 16.5. The Morgan fingerprint density at radius 2 is 1.91 bits per heavy atom. The molecule has 5 heteroatoms. The highest BCUT2D eigenvalue weighted by molar-refractivity contribution is 5.90. The highest BCUT2D eigenvalue weighted by Gasteiger charge is 2.34. The third kappa shape index (κ3) is 2.09. The zero-order valence-electron chi connectivity index (χ0n) is 12.7. The van der Waals surface area contributed by atoms with E-state index in [-0.39, 0.29) is 17.8 Å². The van der Waals surface area contributed by atoms with Crippen LogP contribution in [0.4, 0.5) is 0 Å². The molecule has 0 bridgehead atoms. The van der Waals surface area contributed by atoms with Gasteiger partial charge in [0.15, 0.2) is 0 Å². The van der Waals surface area contributed by atoms with Gasteiger partial charge < -0.3 is 9.15 Å². The number of methoxy groups -OCH3 is 1. The van der Waals surface area contributed by atoms with Gasteiger partial charge in [-0.15, -0.1) is 0 Å². The van der Waals surface area contributed by atoms with Gasteiger partial charge in [0.2, 0.25) is 0 Å². The number of hydrogen-bond donors (Lipinski definition) is 0. The first-order valence-electron chi connectivity index (χ1n) is 7.15. The average molecular weight is 299 g/mol. The average Bonchev–Trinajstić information content (AvgIpc) is 2.89. The summed E-state index contributed by atoms with van der Waals surface area (Å²) >= 11 is 0. The molecule has 1 aromatic carbocycles. The number of carbonyl (C=O) groups excluding carboxylic acids is 1. The second-order valence-electron chi connectivity index (χ2n) is 5.41. The molecule has 3 rings (SSSR count). The number of allylic oxidation sites excluding steroid dienone is 1. The van der Waals surface area contributed by atoms with Gasteiger partial charge >= 0.3 is 11.7 Å². The summed E-state index contributed by atoms with van der Waals surface area (Å²) < 4.78 is 11.8. The lowest BCUT2D eigenvalue weighted by atomic mass is 9.85. The lowest BCUT2D eigenvalue weighted by molar-refractivity contribution is -0.136. The molecule has 0 fully saturated rings. The van der Waals surface area contributed by atoms with E-state index in [1.807, 2.05) is 44.2 Å². The van der Waals surface area contributed by atoms with Crippen LogP contribution in [0.1, 0.15) is 37.1 Å². The van der Waals surface area contributed by atoms with Crippen LogP contribution >= 0.6 is 0 Å². The van der Waals surface area contributed by atoms with Crippen molar-refractivity contribution in [1.82, 2.24) is 4.57 Å². The van der Waals surface area contributed by atoms with Gasteiger partial charge in [0.25, 0.3) is 0 Å². The summed E-state index contributed by atoms with van der Waals surface area (Å²) in [5.41, 5.74) is 1.99. The number of rotatable bonds is 2. The fourth-order valence-corrected chi connectivity index (χ4v) is 2.95. The molecular weight excluding hydrogens is 282 g/mol. The van der Waals surface area contributed by atoms with Crippen molar-refractivity contribution >= 4 is 5.97 Å². The molecule has 0 aliphatic heterocycles. The number of carbonyl (C=O) groups is 1. The summed E-state index contributed by atoms with van der Waals surface area (Å²) in [5.74, 6) is -0.634. The molecule has 0 unspecified atom stereocenters. The van der Waals surface area contributed by atoms with E-state index in [1.54, 1.807) is 6.08 Å². The maximum Gasteiger partial charge on any atom is 0.424 e. The van der Waals surface area contributed by atoms with Crippen molar-refractivity contribution in [2.24, 2.45) is 0 Å². The molecule has 0 amide bonds. The van der Waals surface area contributed by atoms with Gasteiger partial charge in [-0.05, 0) is 12.1 Å². The minimum atomic E-state index is -0.436. The molecule has 2 atom stereocenters. The Balaban J connectivity index is 2.21. The molecule has 0 saturated heterocycles. The quantitative estimate of drug-likeness (QED) is 0.800. The number of aromatic nitrogens is 1. The minimum absolute atomic E-state index is 0.155. The van der Waals surface area contributed by atoms with Crippen molar-refractivity contribution in [1.29, 1.82) is 0 Å². The molecule has 114 valence electrons. The number of nitrogens with zero attached hydrogens (tertiary/aromatic N) is 1. The number of fused-ring (bicyclic) bond motifs is 1. The minimum Gasteiger partial charge on any atom is -0.466 e. The van der Waals surface area contributed by atoms with E-state index >= 15 is 0 Å². The van der Waals surface area contributed by atoms with Crippen molar-refractivity contribution in [3.8, 4) is 5.69 Å². The number of para-hydroxylation sites is 1. The highest BCUT2D eigenvalue weighted by Crippen LogP contribution is 2.38. The molecular formula is C17H17NO4. The van der Waals surface area contributed by atoms with E-state index in [1.165, 1.54) is 11.7 Å². The molecule has 1 heterocycles. The Bertz CT molecular complexity index is 798. The summed E-state index contributed by atoms with van der Waals surface area (Å²) in [5, 5.41) is 0. The van der Waals surface area contributed by atoms with Crippen molar-refractivity contribution in [2.45, 2.75) is 25.7 Å². The summed E-state index contributed by atoms with van der Waals surface area (Å²) in [7, 11) is 1.36. The number of ether oxygens (including phenoxy) is 1. The number of oxazole rings is 1. The lowest BCUT2D eigenvalue weighted by Gasteiger charge is -2.23. The van der Waals surface area contributed by atoms with Gasteiger partial charge in [-0.2, -0.15) is 0 Å². The Morgan fingerprint density at radius 3 is 2.55 bits per heavy atom. The van der Waals surface area contributed by atoms with Gasteiger partial charge in [0.05, 0.1) is 18.5 Å². The molecule has 0 spiro atoms. The maximum absolute atomic E-state index is 12.3. The Kier molecular flexibility index (Phi) is 3.48. The van der Waals surface area contributed by atoms with Crippen LogP contribution in [0.3, 0.4) is 0 Å². The zero-order valence-corrected chi connectivity index (χ0v) is 12.7. The van der Waals surface area contributed by atoms with Crippen LogP contribution in [0, 0.1) is 0 Å². The van der Waals surface area contributed by atoms with Crippen LogP contribution in [-0.2, 0) is 9.53 Å². The van der Waals surface area contributed by atoms with E-state index in [0.29, 0.717) is 17.0 Å². The van der Waals surface area contributed by atoms with Crippen LogP contribution in [-0.4, -0.2) is 17.6 Å². The second kappa shape index (κ2) is 5.33. The summed E-state index contributed by atoms with van der Waals surface area (Å²) in [6.45, 7) is 3.77. The van der Waals surface area contributed by atoms with Crippen molar-refractivity contribution in [3.05, 3.63) is 64.0 Å². The molecule has 0 radical (unpaired) electrons. The summed E-state index contributed by atoms with van der Waals surface area (Å²) in [4.78, 5) is 24.3. The first kappa shape index (κ1) is 14.4. The van der Waals surface area contributed by atoms with Crippen LogP contribution in [0.25, 0.3) is 5.69 Å². The number of hydrogen-bond acceptors (Lipinski definition) is 4. The first-order valence-corrected chi connectivity index (χ1v) is 7.15. The van der Waals surface area contributed by atoms with Gasteiger partial charge in [0, 0.05) is 17.4 Å². The fraction of sp³-hybridized carbons (Fsp3) is 0.294. The topological polar surface area (TPSA) is 61.4 Å². The molecule has 1 aliphatic carbocycles. The van der Waals surface area contributed by atoms with Crippen LogP contribution < -0.4 is 5.76 Å². The fourth-order valence-electron chi connectivity index (χ4n) is 2.95. The monoisotopic (exact) mass is 299 g/mol. The Morgan fingerprint density at radius 1 is 1.23 bits per heavy atom. The second-order valence-corrected chi connectivity index (χ2v) is 5.41. The molecule has 0 saturated carbocycles. The summed E-state index contributed by atoms with van der Waals surface area (Å²) in [6.07, 6.45) is 1.80. The predicted octanol–water partition coefficient (Wildman–Crippen LogP) is 2.75. The smallest absolute Gasteiger partial charge is 0.424 e. The standard InChI is InChI=1S/C17H17NO4/c1-10-9-13(16(19)21-3)11(2)14-15(10)22-17(20)18(14)12-7-5-4-6-8-12/h4-11H,1-3H3/t10-,11+/m0/s1. The normalized spacial score (nSPS) is 20.2. The van der Waals surface area contributed by atoms with Gasteiger partial charge in [-0.3, -0.25) is 0 Å². The molecule has 2 aromatic rings. The van der Waals surface area contributed by atoms with Crippen molar-refractivity contribution < 1.29 is 13.9 Å². The van der Waals surface area contributed by atoms with E-state index < -0.39 is 5.76 Å². The van der Waals surface area contributed by atoms with Crippen LogP contribution in [0.2, 0.25) is 0 Å². The van der Waals surface area contributed by atoms with E-state index in [0.717, 1.165) is 5.69 Å². The van der Waals surface area contributed by atoms with Crippen LogP contribution in [0.15, 0.2) is 51.2 Å². The van der Waals surface area contributed by atoms with E-state index in [4.69, 9.17) is 9.15 Å². The summed E-state index contributed by atoms with van der Waals surface area (Å²) in [6, 6.07) is 9.27. The van der Waals surface area contributed by atoms with Gasteiger partial charge in [0.1, 0.15) is 5.76 Å². The number of benzene rings is 1. The van der Waals surface area contributed by atoms with Crippen molar-refractivity contribution in [2.75, 3.05) is 7.11 Å². The third-order valence-corrected chi connectivity index (χ3v) is 4.03. The zero-order chi connectivity index (χ0) is 15.9. The SMILES string of the molecule is COC(=O)C1=C[C@H](C)c2oc(=O)n(-c3ccccc3)c2[C@@H]1C. The predicted molar refractivity (Wildman–Crippen MR) is 81.2 cm³/mol. The van der Waals surface area contributed by atoms with Crippen LogP contribution in [0.5, 0.6) is 0 Å². The molecule has 1 aromatic heterocycles. The Hall–Kier alpha value is -2.56. The first-order chi connectivity index (χ1) is 10.5. The lowest BCUT2D eigenvalue weighted by Crippen LogP contribution is -2.22. The number of esters is 1. The molecule has 5 nitrogen and oxygen atoms in total. The van der Waals surface area contributed by atoms with E-state index in [2.05, 4.69) is 0 Å². The Labute approximate surface area is 127 Å². The molecule has 1 aliphatic rings. The van der Waals surface area contributed by atoms with E-state index in [9.17, 15) is 9.59 Å². The molecule has 0 N–H and O–H groups in total. The maximum atomic E-state index is 12.3.